The number of aromatic amines is 1. The van der Waals surface area contributed by atoms with Crippen molar-refractivity contribution >= 4 is 28.4 Å². The molecule has 2 N–H and O–H groups in total. The van der Waals surface area contributed by atoms with E-state index in [1.165, 1.54) is 0 Å². The summed E-state index contributed by atoms with van der Waals surface area (Å²) in [7, 11) is 1.65. The smallest absolute Gasteiger partial charge is 0.251 e. The second-order valence-electron chi connectivity index (χ2n) is 6.84. The maximum atomic E-state index is 12.7. The van der Waals surface area contributed by atoms with Crippen molar-refractivity contribution in [3.05, 3.63) is 101 Å². The summed E-state index contributed by atoms with van der Waals surface area (Å²) < 4.78 is 5.29. The number of H-pyrrole nitrogens is 1. The van der Waals surface area contributed by atoms with Crippen molar-refractivity contribution in [2.45, 2.75) is 5.92 Å². The average Bonchev–Trinajstić information content (AvgIpc) is 3.18. The minimum absolute atomic E-state index is 0.0137. The number of aromatic nitrogens is 1. The fourth-order valence-corrected chi connectivity index (χ4v) is 3.74. The van der Waals surface area contributed by atoms with Crippen LogP contribution in [0.25, 0.3) is 10.9 Å². The Hall–Kier alpha value is -3.24. The van der Waals surface area contributed by atoms with Gasteiger partial charge in [-0.1, -0.05) is 48.0 Å². The van der Waals surface area contributed by atoms with Gasteiger partial charge in [0.1, 0.15) is 5.75 Å². The highest BCUT2D eigenvalue weighted by molar-refractivity contribution is 6.30. The summed E-state index contributed by atoms with van der Waals surface area (Å²) >= 11 is 6.03. The first-order valence-electron chi connectivity index (χ1n) is 9.39. The highest BCUT2D eigenvalue weighted by Gasteiger charge is 2.19. The summed E-state index contributed by atoms with van der Waals surface area (Å²) in [6.45, 7) is 0.458. The van der Waals surface area contributed by atoms with Crippen LogP contribution in [0.4, 0.5) is 0 Å². The van der Waals surface area contributed by atoms with E-state index in [-0.39, 0.29) is 11.8 Å². The number of fused-ring (bicyclic) bond motifs is 1. The van der Waals surface area contributed by atoms with Crippen molar-refractivity contribution in [1.29, 1.82) is 0 Å². The topological polar surface area (TPSA) is 54.1 Å². The molecular formula is C24H21ClN2O2. The fraction of sp³-hybridized carbons (Fsp3) is 0.125. The molecule has 1 unspecified atom stereocenters. The number of halogens is 1. The van der Waals surface area contributed by atoms with Crippen LogP contribution in [0, 0.1) is 0 Å². The molecule has 0 aliphatic heterocycles. The van der Waals surface area contributed by atoms with Gasteiger partial charge in [-0.3, -0.25) is 4.79 Å². The number of rotatable bonds is 6. The second kappa shape index (κ2) is 8.41. The van der Waals surface area contributed by atoms with Crippen LogP contribution in [0.1, 0.15) is 27.4 Å². The number of ether oxygens (including phenoxy) is 1. The molecule has 0 saturated carbocycles. The molecule has 0 aliphatic carbocycles. The summed E-state index contributed by atoms with van der Waals surface area (Å²) in [5.41, 5.74) is 3.85. The van der Waals surface area contributed by atoms with E-state index >= 15 is 0 Å². The first-order chi connectivity index (χ1) is 14.2. The van der Waals surface area contributed by atoms with E-state index in [9.17, 15) is 4.79 Å². The van der Waals surface area contributed by atoms with E-state index in [0.717, 1.165) is 27.8 Å². The molecule has 0 aliphatic rings. The largest absolute Gasteiger partial charge is 0.497 e. The first kappa shape index (κ1) is 19.1. The molecule has 1 amide bonds. The third-order valence-electron chi connectivity index (χ3n) is 5.07. The van der Waals surface area contributed by atoms with E-state index in [2.05, 4.69) is 22.4 Å². The SMILES string of the molecule is COc1ccc(C(CNC(=O)c2cccc(Cl)c2)c2c[nH]c3ccccc23)cc1. The lowest BCUT2D eigenvalue weighted by molar-refractivity contribution is 0.0952. The van der Waals surface area contributed by atoms with Crippen molar-refractivity contribution in [2.75, 3.05) is 13.7 Å². The summed E-state index contributed by atoms with van der Waals surface area (Å²) in [6, 6.07) is 23.1. The Labute approximate surface area is 174 Å². The van der Waals surface area contributed by atoms with Gasteiger partial charge in [0, 0.05) is 40.1 Å². The van der Waals surface area contributed by atoms with Crippen LogP contribution in [-0.2, 0) is 0 Å². The Morgan fingerprint density at radius 1 is 1.07 bits per heavy atom. The van der Waals surface area contributed by atoms with E-state index in [1.807, 2.05) is 42.6 Å². The number of methoxy groups -OCH3 is 1. The number of para-hydroxylation sites is 1. The molecule has 1 atom stereocenters. The molecular weight excluding hydrogens is 384 g/mol. The highest BCUT2D eigenvalue weighted by atomic mass is 35.5. The molecule has 146 valence electrons. The molecule has 0 fully saturated rings. The van der Waals surface area contributed by atoms with Crippen molar-refractivity contribution in [1.82, 2.24) is 10.3 Å². The van der Waals surface area contributed by atoms with Gasteiger partial charge in [0.2, 0.25) is 0 Å². The van der Waals surface area contributed by atoms with Gasteiger partial charge in [0.15, 0.2) is 0 Å². The third-order valence-corrected chi connectivity index (χ3v) is 5.30. The average molecular weight is 405 g/mol. The molecule has 5 heteroatoms. The van der Waals surface area contributed by atoms with Crippen LogP contribution < -0.4 is 10.1 Å². The zero-order valence-electron chi connectivity index (χ0n) is 16.0. The Bertz CT molecular complexity index is 1140. The molecule has 1 aromatic heterocycles. The van der Waals surface area contributed by atoms with Crippen molar-refractivity contribution in [3.8, 4) is 5.75 Å². The summed E-state index contributed by atoms with van der Waals surface area (Å²) in [6.07, 6.45) is 2.02. The van der Waals surface area contributed by atoms with Crippen LogP contribution in [0.5, 0.6) is 5.75 Å². The van der Waals surface area contributed by atoms with E-state index in [0.29, 0.717) is 17.1 Å². The molecule has 4 rings (SSSR count). The first-order valence-corrected chi connectivity index (χ1v) is 9.77. The zero-order valence-corrected chi connectivity index (χ0v) is 16.7. The third kappa shape index (κ3) is 4.13. The Kier molecular flexibility index (Phi) is 5.54. The van der Waals surface area contributed by atoms with Gasteiger partial charge in [0.05, 0.1) is 7.11 Å². The molecule has 29 heavy (non-hydrogen) atoms. The monoisotopic (exact) mass is 404 g/mol. The van der Waals surface area contributed by atoms with Gasteiger partial charge in [-0.05, 0) is 47.5 Å². The van der Waals surface area contributed by atoms with Gasteiger partial charge in [0.25, 0.3) is 5.91 Å². The van der Waals surface area contributed by atoms with E-state index in [1.54, 1.807) is 31.4 Å². The molecule has 3 aromatic carbocycles. The standard InChI is InChI=1S/C24H21ClN2O2/c1-29-19-11-9-16(10-12-19)21(22-15-26-23-8-3-2-7-20(22)23)14-27-24(28)17-5-4-6-18(25)13-17/h2-13,15,21,26H,14H2,1H3,(H,27,28). The molecule has 4 nitrogen and oxygen atoms in total. The Balaban J connectivity index is 1.65. The maximum absolute atomic E-state index is 12.7. The molecule has 4 aromatic rings. The van der Waals surface area contributed by atoms with Crippen molar-refractivity contribution in [3.63, 3.8) is 0 Å². The minimum atomic E-state index is -0.147. The fourth-order valence-electron chi connectivity index (χ4n) is 3.55. The summed E-state index contributed by atoms with van der Waals surface area (Å²) in [5, 5.41) is 4.75. The number of hydrogen-bond acceptors (Lipinski definition) is 2. The van der Waals surface area contributed by atoms with Gasteiger partial charge in [-0.25, -0.2) is 0 Å². The minimum Gasteiger partial charge on any atom is -0.497 e. The number of hydrogen-bond donors (Lipinski definition) is 2. The van der Waals surface area contributed by atoms with Crippen LogP contribution in [0.3, 0.4) is 0 Å². The second-order valence-corrected chi connectivity index (χ2v) is 7.27. The lowest BCUT2D eigenvalue weighted by atomic mass is 9.90. The summed E-state index contributed by atoms with van der Waals surface area (Å²) in [5.74, 6) is 0.639. The van der Waals surface area contributed by atoms with Crippen molar-refractivity contribution < 1.29 is 9.53 Å². The molecule has 1 heterocycles. The molecule has 0 radical (unpaired) electrons. The maximum Gasteiger partial charge on any atom is 0.251 e. The normalized spacial score (nSPS) is 11.9. The highest BCUT2D eigenvalue weighted by Crippen LogP contribution is 2.31. The molecule has 0 spiro atoms. The molecule has 0 bridgehead atoms. The quantitative estimate of drug-likeness (QED) is 0.452. The number of nitrogens with one attached hydrogen (secondary N) is 2. The molecule has 0 saturated heterocycles. The van der Waals surface area contributed by atoms with Crippen LogP contribution >= 0.6 is 11.6 Å². The van der Waals surface area contributed by atoms with Crippen LogP contribution in [0.2, 0.25) is 5.02 Å². The zero-order chi connectivity index (χ0) is 20.2. The predicted molar refractivity (Wildman–Crippen MR) is 117 cm³/mol. The summed E-state index contributed by atoms with van der Waals surface area (Å²) in [4.78, 5) is 16.0. The Morgan fingerprint density at radius 2 is 1.86 bits per heavy atom. The van der Waals surface area contributed by atoms with Crippen LogP contribution in [0.15, 0.2) is 79.0 Å². The van der Waals surface area contributed by atoms with Gasteiger partial charge in [-0.15, -0.1) is 0 Å². The number of benzene rings is 3. The van der Waals surface area contributed by atoms with Crippen molar-refractivity contribution in [2.24, 2.45) is 0 Å². The van der Waals surface area contributed by atoms with E-state index in [4.69, 9.17) is 16.3 Å². The number of carbonyl (C=O) groups excluding carboxylic acids is 1. The lowest BCUT2D eigenvalue weighted by Crippen LogP contribution is -2.28. The Morgan fingerprint density at radius 3 is 2.62 bits per heavy atom. The van der Waals surface area contributed by atoms with Gasteiger partial charge >= 0.3 is 0 Å². The van der Waals surface area contributed by atoms with Crippen LogP contribution in [-0.4, -0.2) is 24.5 Å². The lowest BCUT2D eigenvalue weighted by Gasteiger charge is -2.19. The van der Waals surface area contributed by atoms with Gasteiger partial charge in [-0.2, -0.15) is 0 Å². The number of amides is 1. The van der Waals surface area contributed by atoms with E-state index < -0.39 is 0 Å². The number of carbonyl (C=O) groups is 1. The van der Waals surface area contributed by atoms with Gasteiger partial charge < -0.3 is 15.0 Å². The predicted octanol–water partition coefficient (Wildman–Crippen LogP) is 5.39.